The molecule has 112 valence electrons. The Morgan fingerprint density at radius 2 is 2.05 bits per heavy atom. The molecule has 0 radical (unpaired) electrons. The van der Waals surface area contributed by atoms with Gasteiger partial charge in [-0.1, -0.05) is 45.4 Å². The predicted octanol–water partition coefficient (Wildman–Crippen LogP) is 4.34. The van der Waals surface area contributed by atoms with Gasteiger partial charge in [-0.2, -0.15) is 0 Å². The van der Waals surface area contributed by atoms with Gasteiger partial charge in [0, 0.05) is 5.92 Å². The van der Waals surface area contributed by atoms with Crippen molar-refractivity contribution in [2.24, 2.45) is 17.6 Å². The predicted molar refractivity (Wildman–Crippen MR) is 85.1 cm³/mol. The number of hydrogen-bond acceptors (Lipinski definition) is 2. The van der Waals surface area contributed by atoms with Crippen LogP contribution >= 0.6 is 0 Å². The maximum atomic E-state index is 6.40. The second kappa shape index (κ2) is 7.12. The van der Waals surface area contributed by atoms with Crippen molar-refractivity contribution in [3.8, 4) is 5.75 Å². The maximum absolute atomic E-state index is 6.40. The molecule has 4 atom stereocenters. The highest BCUT2D eigenvalue weighted by Crippen LogP contribution is 2.35. The molecule has 0 saturated heterocycles. The quantitative estimate of drug-likeness (QED) is 0.867. The van der Waals surface area contributed by atoms with Gasteiger partial charge in [0.15, 0.2) is 0 Å². The van der Waals surface area contributed by atoms with E-state index in [0.29, 0.717) is 11.8 Å². The van der Waals surface area contributed by atoms with Gasteiger partial charge in [-0.3, -0.25) is 0 Å². The Balaban J connectivity index is 2.15. The standard InChI is InChI=1S/C18H29NO/c1-4-14(3)16-7-5-6-8-17(16)20-18-11-13(2)9-10-15(18)12-19/h5-8,13-15,18H,4,9-12,19H2,1-3H3. The van der Waals surface area contributed by atoms with E-state index in [-0.39, 0.29) is 6.10 Å². The van der Waals surface area contributed by atoms with E-state index in [0.717, 1.165) is 31.1 Å². The zero-order valence-electron chi connectivity index (χ0n) is 13.1. The number of rotatable bonds is 5. The molecule has 1 aliphatic rings. The Morgan fingerprint density at radius 3 is 2.75 bits per heavy atom. The van der Waals surface area contributed by atoms with Crippen molar-refractivity contribution < 1.29 is 4.74 Å². The molecule has 2 rings (SSSR count). The Bertz CT molecular complexity index is 418. The highest BCUT2D eigenvalue weighted by atomic mass is 16.5. The third-order valence-corrected chi connectivity index (χ3v) is 4.83. The molecule has 0 amide bonds. The number of hydrogen-bond donors (Lipinski definition) is 1. The molecule has 0 spiro atoms. The van der Waals surface area contributed by atoms with E-state index in [9.17, 15) is 0 Å². The summed E-state index contributed by atoms with van der Waals surface area (Å²) in [6.07, 6.45) is 5.05. The molecule has 1 saturated carbocycles. The molecule has 2 nitrogen and oxygen atoms in total. The highest BCUT2D eigenvalue weighted by molar-refractivity contribution is 5.36. The topological polar surface area (TPSA) is 35.2 Å². The van der Waals surface area contributed by atoms with Crippen LogP contribution in [0.25, 0.3) is 0 Å². The molecule has 0 bridgehead atoms. The van der Waals surface area contributed by atoms with E-state index >= 15 is 0 Å². The van der Waals surface area contributed by atoms with Crippen LogP contribution in [0.1, 0.15) is 57.9 Å². The normalized spacial score (nSPS) is 28.1. The van der Waals surface area contributed by atoms with E-state index in [2.05, 4.69) is 45.0 Å². The molecule has 2 N–H and O–H groups in total. The molecule has 0 aromatic heterocycles. The van der Waals surface area contributed by atoms with Gasteiger partial charge < -0.3 is 10.5 Å². The third-order valence-electron chi connectivity index (χ3n) is 4.83. The average Bonchev–Trinajstić information content (AvgIpc) is 2.47. The number of nitrogens with two attached hydrogens (primary N) is 1. The first kappa shape index (κ1) is 15.4. The minimum Gasteiger partial charge on any atom is -0.490 e. The van der Waals surface area contributed by atoms with Gasteiger partial charge in [0.2, 0.25) is 0 Å². The van der Waals surface area contributed by atoms with Crippen LogP contribution in [0.3, 0.4) is 0 Å². The first-order valence-electron chi connectivity index (χ1n) is 8.11. The molecule has 1 aromatic carbocycles. The minimum atomic E-state index is 0.286. The molecule has 2 heteroatoms. The Labute approximate surface area is 123 Å². The summed E-state index contributed by atoms with van der Waals surface area (Å²) < 4.78 is 6.40. The lowest BCUT2D eigenvalue weighted by Gasteiger charge is -2.35. The summed E-state index contributed by atoms with van der Waals surface area (Å²) in [5, 5.41) is 0. The van der Waals surface area contributed by atoms with Gasteiger partial charge in [-0.05, 0) is 49.3 Å². The van der Waals surface area contributed by atoms with Crippen LogP contribution in [0.5, 0.6) is 5.75 Å². The Hall–Kier alpha value is -1.02. The Kier molecular flexibility index (Phi) is 5.47. The molecule has 1 aromatic rings. The molecule has 1 fully saturated rings. The van der Waals surface area contributed by atoms with E-state index in [1.165, 1.54) is 18.4 Å². The van der Waals surface area contributed by atoms with Crippen molar-refractivity contribution >= 4 is 0 Å². The van der Waals surface area contributed by atoms with Crippen LogP contribution in [0.2, 0.25) is 0 Å². The van der Waals surface area contributed by atoms with Crippen molar-refractivity contribution in [3.63, 3.8) is 0 Å². The Morgan fingerprint density at radius 1 is 1.30 bits per heavy atom. The lowest BCUT2D eigenvalue weighted by atomic mass is 9.80. The largest absolute Gasteiger partial charge is 0.490 e. The van der Waals surface area contributed by atoms with Gasteiger partial charge >= 0.3 is 0 Å². The first-order valence-corrected chi connectivity index (χ1v) is 8.11. The van der Waals surface area contributed by atoms with Crippen molar-refractivity contribution in [2.75, 3.05) is 6.54 Å². The fourth-order valence-corrected chi connectivity index (χ4v) is 3.18. The van der Waals surface area contributed by atoms with Gasteiger partial charge in [0.1, 0.15) is 11.9 Å². The van der Waals surface area contributed by atoms with Crippen LogP contribution in [0, 0.1) is 11.8 Å². The summed E-state index contributed by atoms with van der Waals surface area (Å²) in [6, 6.07) is 8.50. The van der Waals surface area contributed by atoms with Gasteiger partial charge in [0.25, 0.3) is 0 Å². The van der Waals surface area contributed by atoms with E-state index in [4.69, 9.17) is 10.5 Å². The minimum absolute atomic E-state index is 0.286. The van der Waals surface area contributed by atoms with Crippen LogP contribution in [-0.4, -0.2) is 12.6 Å². The molecule has 1 aliphatic carbocycles. The maximum Gasteiger partial charge on any atom is 0.123 e. The molecule has 4 unspecified atom stereocenters. The number of benzene rings is 1. The zero-order chi connectivity index (χ0) is 14.5. The fraction of sp³-hybridized carbons (Fsp3) is 0.667. The van der Waals surface area contributed by atoms with Crippen molar-refractivity contribution in [1.29, 1.82) is 0 Å². The first-order chi connectivity index (χ1) is 9.65. The lowest BCUT2D eigenvalue weighted by Crippen LogP contribution is -2.37. The monoisotopic (exact) mass is 275 g/mol. The number of ether oxygens (including phenoxy) is 1. The molecule has 0 heterocycles. The van der Waals surface area contributed by atoms with Crippen LogP contribution in [-0.2, 0) is 0 Å². The molecule has 0 aliphatic heterocycles. The SMILES string of the molecule is CCC(C)c1ccccc1OC1CC(C)CCC1CN. The van der Waals surface area contributed by atoms with Crippen LogP contribution in [0.4, 0.5) is 0 Å². The summed E-state index contributed by atoms with van der Waals surface area (Å²) in [7, 11) is 0. The fourth-order valence-electron chi connectivity index (χ4n) is 3.18. The van der Waals surface area contributed by atoms with Gasteiger partial charge in [-0.25, -0.2) is 0 Å². The zero-order valence-corrected chi connectivity index (χ0v) is 13.1. The van der Waals surface area contributed by atoms with Gasteiger partial charge in [0.05, 0.1) is 0 Å². The summed E-state index contributed by atoms with van der Waals surface area (Å²) in [5.74, 6) is 2.87. The summed E-state index contributed by atoms with van der Waals surface area (Å²) in [4.78, 5) is 0. The highest BCUT2D eigenvalue weighted by Gasteiger charge is 2.29. The van der Waals surface area contributed by atoms with E-state index in [1.807, 2.05) is 0 Å². The van der Waals surface area contributed by atoms with E-state index < -0.39 is 0 Å². The van der Waals surface area contributed by atoms with Crippen molar-refractivity contribution in [3.05, 3.63) is 29.8 Å². The lowest BCUT2D eigenvalue weighted by molar-refractivity contribution is 0.0730. The van der Waals surface area contributed by atoms with Crippen LogP contribution in [0.15, 0.2) is 24.3 Å². The van der Waals surface area contributed by atoms with Crippen molar-refractivity contribution in [1.82, 2.24) is 0 Å². The summed E-state index contributed by atoms with van der Waals surface area (Å²) in [6.45, 7) is 7.56. The molecule has 20 heavy (non-hydrogen) atoms. The number of para-hydroxylation sites is 1. The third kappa shape index (κ3) is 3.54. The second-order valence-corrected chi connectivity index (χ2v) is 6.42. The molecular formula is C18H29NO. The van der Waals surface area contributed by atoms with E-state index in [1.54, 1.807) is 0 Å². The van der Waals surface area contributed by atoms with Gasteiger partial charge in [-0.15, -0.1) is 0 Å². The summed E-state index contributed by atoms with van der Waals surface area (Å²) in [5.41, 5.74) is 7.27. The van der Waals surface area contributed by atoms with Crippen molar-refractivity contribution in [2.45, 2.75) is 58.5 Å². The summed E-state index contributed by atoms with van der Waals surface area (Å²) >= 11 is 0. The average molecular weight is 275 g/mol. The molecular weight excluding hydrogens is 246 g/mol. The smallest absolute Gasteiger partial charge is 0.123 e. The second-order valence-electron chi connectivity index (χ2n) is 6.42. The van der Waals surface area contributed by atoms with Crippen LogP contribution < -0.4 is 10.5 Å².